The largest absolute Gasteiger partial charge is 0.493 e. The maximum atomic E-state index is 12.8. The highest BCUT2D eigenvalue weighted by atomic mass is 79.9. The number of hydrogen-bond acceptors (Lipinski definition) is 6. The smallest absolute Gasteiger partial charge is 0.416 e. The average Bonchev–Trinajstić information content (AvgIpc) is 2.91. The molecule has 0 aliphatic carbocycles. The van der Waals surface area contributed by atoms with Crippen LogP contribution in [0.1, 0.15) is 35.1 Å². The van der Waals surface area contributed by atoms with Gasteiger partial charge in [-0.3, -0.25) is 9.59 Å². The number of benzene rings is 3. The second-order valence-electron chi connectivity index (χ2n) is 8.01. The fourth-order valence-electron chi connectivity index (χ4n) is 3.32. The lowest BCUT2D eigenvalue weighted by atomic mass is 10.1. The van der Waals surface area contributed by atoms with Gasteiger partial charge in [0.05, 0.1) is 35.0 Å². The van der Waals surface area contributed by atoms with Crippen LogP contribution in [0.15, 0.2) is 70.2 Å². The van der Waals surface area contributed by atoms with Gasteiger partial charge < -0.3 is 14.8 Å². The highest BCUT2D eigenvalue weighted by Crippen LogP contribution is 2.37. The number of carbonyl (C=O) groups excluding carboxylic acids is 2. The van der Waals surface area contributed by atoms with Gasteiger partial charge in [-0.2, -0.15) is 23.5 Å². The number of carbonyl (C=O) groups is 2. The summed E-state index contributed by atoms with van der Waals surface area (Å²) in [7, 11) is 1.46. The van der Waals surface area contributed by atoms with Crippen LogP contribution in [0.4, 0.5) is 18.9 Å². The van der Waals surface area contributed by atoms with E-state index in [2.05, 4.69) is 37.8 Å². The molecule has 0 spiro atoms. The zero-order valence-electron chi connectivity index (χ0n) is 20.5. The van der Waals surface area contributed by atoms with Crippen molar-refractivity contribution in [3.05, 3.63) is 87.4 Å². The molecule has 0 aliphatic rings. The zero-order valence-corrected chi connectivity index (χ0v) is 22.1. The molecule has 0 saturated carbocycles. The first kappa shape index (κ1) is 29.2. The summed E-state index contributed by atoms with van der Waals surface area (Å²) in [6.07, 6.45) is -3.65. The lowest BCUT2D eigenvalue weighted by Gasteiger charge is -2.14. The molecule has 3 aromatic carbocycles. The minimum Gasteiger partial charge on any atom is -0.493 e. The number of methoxy groups -OCH3 is 1. The molecule has 3 rings (SSSR count). The highest BCUT2D eigenvalue weighted by molar-refractivity contribution is 9.10. The van der Waals surface area contributed by atoms with Crippen LogP contribution in [0.25, 0.3) is 0 Å². The van der Waals surface area contributed by atoms with Crippen molar-refractivity contribution < 1.29 is 32.2 Å². The van der Waals surface area contributed by atoms with Gasteiger partial charge in [0, 0.05) is 24.1 Å². The van der Waals surface area contributed by atoms with E-state index >= 15 is 0 Å². The number of nitrogens with one attached hydrogen (secondary N) is 2. The number of halogens is 4. The third-order valence-corrected chi connectivity index (χ3v) is 5.81. The first-order valence-electron chi connectivity index (χ1n) is 11.4. The molecular weight excluding hydrogens is 581 g/mol. The average molecular weight is 603 g/mol. The number of anilines is 1. The van der Waals surface area contributed by atoms with Gasteiger partial charge in [-0.25, -0.2) is 5.43 Å². The Hall–Kier alpha value is -4.37. The van der Waals surface area contributed by atoms with Crippen molar-refractivity contribution in [1.82, 2.24) is 5.43 Å². The van der Waals surface area contributed by atoms with Crippen molar-refractivity contribution in [1.29, 1.82) is 5.26 Å². The van der Waals surface area contributed by atoms with Crippen molar-refractivity contribution in [3.63, 3.8) is 0 Å². The number of hydrazone groups is 1. The summed E-state index contributed by atoms with van der Waals surface area (Å²) in [5.74, 6) is -0.376. The topological polar surface area (TPSA) is 113 Å². The monoisotopic (exact) mass is 602 g/mol. The Bertz CT molecular complexity index is 1420. The van der Waals surface area contributed by atoms with Crippen LogP contribution in [-0.4, -0.2) is 25.1 Å². The van der Waals surface area contributed by atoms with Gasteiger partial charge >= 0.3 is 6.18 Å². The summed E-state index contributed by atoms with van der Waals surface area (Å²) < 4.78 is 50.2. The van der Waals surface area contributed by atoms with Crippen LogP contribution in [0, 0.1) is 11.3 Å². The number of ether oxygens (including phenoxy) is 2. The van der Waals surface area contributed by atoms with Gasteiger partial charge in [0.1, 0.15) is 6.61 Å². The number of rotatable bonds is 10. The van der Waals surface area contributed by atoms with Gasteiger partial charge in [-0.05, 0) is 57.9 Å². The summed E-state index contributed by atoms with van der Waals surface area (Å²) in [6.45, 7) is 0.142. The molecule has 0 aliphatic heterocycles. The van der Waals surface area contributed by atoms with Gasteiger partial charge in [-0.15, -0.1) is 0 Å². The Balaban J connectivity index is 1.53. The van der Waals surface area contributed by atoms with E-state index in [0.717, 1.165) is 12.1 Å². The SMILES string of the molecule is COc1cc(C=NNC(=O)CCC(=O)Nc2cccc(C(F)(F)F)c2)cc(Br)c1OCc1ccccc1C#N. The molecular formula is C27H22BrF3N4O4. The van der Waals surface area contributed by atoms with Crippen molar-refractivity contribution in [2.75, 3.05) is 12.4 Å². The summed E-state index contributed by atoms with van der Waals surface area (Å²) in [5, 5.41) is 15.5. The Morgan fingerprint density at radius 3 is 2.54 bits per heavy atom. The first-order valence-corrected chi connectivity index (χ1v) is 12.2. The molecule has 0 radical (unpaired) electrons. The van der Waals surface area contributed by atoms with Gasteiger partial charge in [0.15, 0.2) is 11.5 Å². The Labute approximate surface area is 230 Å². The van der Waals surface area contributed by atoms with Gasteiger partial charge in [0.2, 0.25) is 11.8 Å². The van der Waals surface area contributed by atoms with Crippen LogP contribution in [0.5, 0.6) is 11.5 Å². The minimum absolute atomic E-state index is 0.0190. The molecule has 8 nitrogen and oxygen atoms in total. The Kier molecular flexibility index (Phi) is 10.1. The molecule has 0 atom stereocenters. The maximum absolute atomic E-state index is 12.8. The summed E-state index contributed by atoms with van der Waals surface area (Å²) in [6, 6.07) is 16.7. The second kappa shape index (κ2) is 13.4. The van der Waals surface area contributed by atoms with Crippen LogP contribution in [0.3, 0.4) is 0 Å². The van der Waals surface area contributed by atoms with E-state index in [4.69, 9.17) is 9.47 Å². The van der Waals surface area contributed by atoms with Gasteiger partial charge in [-0.1, -0.05) is 24.3 Å². The van der Waals surface area contributed by atoms with E-state index in [-0.39, 0.29) is 25.1 Å². The van der Waals surface area contributed by atoms with Crippen molar-refractivity contribution >= 4 is 39.6 Å². The van der Waals surface area contributed by atoms with Crippen LogP contribution < -0.4 is 20.2 Å². The predicted molar refractivity (Wildman–Crippen MR) is 141 cm³/mol. The van der Waals surface area contributed by atoms with Crippen LogP contribution in [-0.2, 0) is 22.4 Å². The molecule has 0 unspecified atom stereocenters. The quantitative estimate of drug-likeness (QED) is 0.225. The maximum Gasteiger partial charge on any atom is 0.416 e. The van der Waals surface area contributed by atoms with Crippen molar-refractivity contribution in [2.45, 2.75) is 25.6 Å². The molecule has 2 amide bonds. The van der Waals surface area contributed by atoms with Crippen molar-refractivity contribution in [2.24, 2.45) is 5.10 Å². The lowest BCUT2D eigenvalue weighted by Crippen LogP contribution is -2.20. The third kappa shape index (κ3) is 8.58. The van der Waals surface area contributed by atoms with E-state index in [1.165, 1.54) is 25.5 Å². The summed E-state index contributed by atoms with van der Waals surface area (Å²) in [5.41, 5.74) is 3.16. The van der Waals surface area contributed by atoms with Crippen molar-refractivity contribution in [3.8, 4) is 17.6 Å². The minimum atomic E-state index is -4.53. The molecule has 0 saturated heterocycles. The molecule has 12 heteroatoms. The zero-order chi connectivity index (χ0) is 28.4. The molecule has 0 fully saturated rings. The summed E-state index contributed by atoms with van der Waals surface area (Å²) in [4.78, 5) is 24.1. The number of nitrogens with zero attached hydrogens (tertiary/aromatic N) is 2. The first-order chi connectivity index (χ1) is 18.6. The van der Waals surface area contributed by atoms with E-state index in [1.807, 2.05) is 6.07 Å². The molecule has 0 heterocycles. The predicted octanol–water partition coefficient (Wildman–Crippen LogP) is 5.80. The fraction of sp³-hybridized carbons (Fsp3) is 0.185. The van der Waals surface area contributed by atoms with E-state index in [9.17, 15) is 28.0 Å². The van der Waals surface area contributed by atoms with E-state index < -0.39 is 23.6 Å². The second-order valence-corrected chi connectivity index (χ2v) is 8.87. The lowest BCUT2D eigenvalue weighted by molar-refractivity contribution is -0.137. The number of nitriles is 1. The molecule has 2 N–H and O–H groups in total. The van der Waals surface area contributed by atoms with Crippen LogP contribution in [0.2, 0.25) is 0 Å². The molecule has 202 valence electrons. The Morgan fingerprint density at radius 2 is 1.82 bits per heavy atom. The molecule has 0 bridgehead atoms. The normalized spacial score (nSPS) is 11.1. The number of amides is 2. The third-order valence-electron chi connectivity index (χ3n) is 5.22. The number of hydrogen-bond donors (Lipinski definition) is 2. The number of alkyl halides is 3. The van der Waals surface area contributed by atoms with E-state index in [1.54, 1.807) is 30.3 Å². The highest BCUT2D eigenvalue weighted by Gasteiger charge is 2.30. The standard InChI is InChI=1S/C27H22BrF3N4O4/c1-38-23-12-17(11-22(28)26(23)39-16-19-6-3-2-5-18(19)14-32)15-33-35-25(37)10-9-24(36)34-21-8-4-7-20(13-21)27(29,30)31/h2-8,11-13,15H,9-10,16H2,1H3,(H,34,36)(H,35,37). The molecule has 0 aromatic heterocycles. The van der Waals surface area contributed by atoms with Crippen LogP contribution >= 0.6 is 15.9 Å². The fourth-order valence-corrected chi connectivity index (χ4v) is 3.89. The Morgan fingerprint density at radius 1 is 1.08 bits per heavy atom. The van der Waals surface area contributed by atoms with E-state index in [0.29, 0.717) is 32.7 Å². The van der Waals surface area contributed by atoms with Gasteiger partial charge in [0.25, 0.3) is 0 Å². The molecule has 39 heavy (non-hydrogen) atoms. The molecule has 3 aromatic rings. The summed E-state index contributed by atoms with van der Waals surface area (Å²) >= 11 is 3.43.